The van der Waals surface area contributed by atoms with Gasteiger partial charge in [-0.25, -0.2) is 0 Å². The lowest BCUT2D eigenvalue weighted by Crippen LogP contribution is -2.40. The van der Waals surface area contributed by atoms with Crippen molar-refractivity contribution in [3.63, 3.8) is 0 Å². The van der Waals surface area contributed by atoms with Crippen molar-refractivity contribution in [3.8, 4) is 23.0 Å². The Hall–Kier alpha value is -2.99. The van der Waals surface area contributed by atoms with Crippen molar-refractivity contribution in [2.45, 2.75) is 12.8 Å². The summed E-state index contributed by atoms with van der Waals surface area (Å²) < 4.78 is 21.9. The van der Waals surface area contributed by atoms with E-state index < -0.39 is 0 Å². The molecule has 6 heteroatoms. The van der Waals surface area contributed by atoms with E-state index in [0.717, 1.165) is 28.0 Å². The van der Waals surface area contributed by atoms with Gasteiger partial charge in [0.1, 0.15) is 0 Å². The van der Waals surface area contributed by atoms with Crippen molar-refractivity contribution in [2.24, 2.45) is 0 Å². The Morgan fingerprint density at radius 1 is 0.852 bits per heavy atom. The summed E-state index contributed by atoms with van der Waals surface area (Å²) in [6, 6.07) is 7.58. The molecule has 0 atom stereocenters. The first-order valence-electron chi connectivity index (χ1n) is 8.61. The molecule has 1 aliphatic rings. The summed E-state index contributed by atoms with van der Waals surface area (Å²) in [5.74, 6) is 2.43. The summed E-state index contributed by atoms with van der Waals surface area (Å²) in [5, 5.41) is 0. The van der Waals surface area contributed by atoms with Crippen molar-refractivity contribution in [2.75, 3.05) is 28.4 Å². The zero-order chi connectivity index (χ0) is 19.6. The Morgan fingerprint density at radius 2 is 1.56 bits per heavy atom. The summed E-state index contributed by atoms with van der Waals surface area (Å²) in [6.07, 6.45) is 2.64. The number of carbonyl (C=O) groups is 1. The van der Waals surface area contributed by atoms with E-state index in [2.05, 4.69) is 5.73 Å². The van der Waals surface area contributed by atoms with E-state index in [1.54, 1.807) is 34.5 Å². The fourth-order valence-electron chi connectivity index (χ4n) is 3.45. The van der Waals surface area contributed by atoms with Crippen LogP contribution in [0.2, 0.25) is 0 Å². The number of methoxy groups -OCH3 is 4. The van der Waals surface area contributed by atoms with Crippen LogP contribution in [0.25, 0.3) is 5.57 Å². The summed E-state index contributed by atoms with van der Waals surface area (Å²) in [4.78, 5) is 12.4. The number of benzene rings is 2. The highest BCUT2D eigenvalue weighted by atomic mass is 16.5. The number of ether oxygens (including phenoxy) is 4. The lowest BCUT2D eigenvalue weighted by atomic mass is 9.92. The largest absolute Gasteiger partial charge is 0.493 e. The molecule has 0 spiro atoms. The second kappa shape index (κ2) is 7.72. The van der Waals surface area contributed by atoms with Gasteiger partial charge in [-0.05, 0) is 41.3 Å². The fourth-order valence-corrected chi connectivity index (χ4v) is 3.45. The zero-order valence-corrected chi connectivity index (χ0v) is 16.0. The highest BCUT2D eigenvalue weighted by Crippen LogP contribution is 2.46. The summed E-state index contributed by atoms with van der Waals surface area (Å²) in [7, 11) is 6.35. The Balaban J connectivity index is 2.28. The number of ketones is 1. The van der Waals surface area contributed by atoms with Gasteiger partial charge < -0.3 is 24.7 Å². The molecule has 0 saturated carbocycles. The van der Waals surface area contributed by atoms with E-state index in [9.17, 15) is 4.79 Å². The first-order valence-corrected chi connectivity index (χ1v) is 8.61. The molecule has 3 rings (SSSR count). The third kappa shape index (κ3) is 3.36. The maximum Gasteiger partial charge on any atom is 0.203 e. The standard InChI is InChI=1S/C21H23NO5/c1-24-18-8-5-12(9-17(18)22)15-10-13(23)6-7-14-16(15)11-19(25-2)21(27-4)20(14)26-3/h5,8-11H,6-7,22H2,1-4H3/p+1. The second-order valence-electron chi connectivity index (χ2n) is 6.22. The van der Waals surface area contributed by atoms with Crippen molar-refractivity contribution >= 4 is 17.0 Å². The SMILES string of the molecule is COc1ccc(C2=CC(=O)CCc3c2cc(OC)c(OC)c3OC)cc1[NH3+]. The van der Waals surface area contributed by atoms with E-state index in [0.29, 0.717) is 35.8 Å². The molecule has 0 saturated heterocycles. The molecule has 6 nitrogen and oxygen atoms in total. The van der Waals surface area contributed by atoms with Crippen LogP contribution in [0, 0.1) is 0 Å². The van der Waals surface area contributed by atoms with E-state index >= 15 is 0 Å². The van der Waals surface area contributed by atoms with Crippen LogP contribution in [-0.2, 0) is 11.2 Å². The van der Waals surface area contributed by atoms with Crippen molar-refractivity contribution in [3.05, 3.63) is 47.0 Å². The minimum atomic E-state index is 0.0580. The van der Waals surface area contributed by atoms with Crippen LogP contribution in [0.15, 0.2) is 30.3 Å². The summed E-state index contributed by atoms with van der Waals surface area (Å²) in [6.45, 7) is 0. The normalized spacial score (nSPS) is 13.4. The Morgan fingerprint density at radius 3 is 2.15 bits per heavy atom. The van der Waals surface area contributed by atoms with Gasteiger partial charge in [0.2, 0.25) is 5.75 Å². The Bertz CT molecular complexity index is 917. The molecule has 1 aliphatic carbocycles. The molecule has 2 aromatic rings. The second-order valence-corrected chi connectivity index (χ2v) is 6.22. The Labute approximate surface area is 158 Å². The molecule has 3 N–H and O–H groups in total. The van der Waals surface area contributed by atoms with Crippen molar-refractivity contribution < 1.29 is 29.5 Å². The van der Waals surface area contributed by atoms with E-state index in [1.807, 2.05) is 24.3 Å². The Kier molecular flexibility index (Phi) is 5.37. The van der Waals surface area contributed by atoms with Crippen molar-refractivity contribution in [1.82, 2.24) is 0 Å². The van der Waals surface area contributed by atoms with E-state index in [1.165, 1.54) is 0 Å². The van der Waals surface area contributed by atoms with Crippen LogP contribution in [0.5, 0.6) is 23.0 Å². The molecule has 27 heavy (non-hydrogen) atoms. The van der Waals surface area contributed by atoms with Gasteiger partial charge in [0.15, 0.2) is 28.7 Å². The quantitative estimate of drug-likeness (QED) is 0.875. The van der Waals surface area contributed by atoms with Crippen molar-refractivity contribution in [1.29, 1.82) is 0 Å². The van der Waals surface area contributed by atoms with Crippen LogP contribution in [0.1, 0.15) is 23.1 Å². The monoisotopic (exact) mass is 370 g/mol. The third-order valence-corrected chi connectivity index (χ3v) is 4.74. The summed E-state index contributed by atoms with van der Waals surface area (Å²) >= 11 is 0. The maximum absolute atomic E-state index is 12.4. The average Bonchev–Trinajstić information content (AvgIpc) is 2.85. The van der Waals surface area contributed by atoms with Gasteiger partial charge in [-0.15, -0.1) is 0 Å². The molecule has 0 amide bonds. The lowest BCUT2D eigenvalue weighted by molar-refractivity contribution is -0.256. The third-order valence-electron chi connectivity index (χ3n) is 4.74. The van der Waals surface area contributed by atoms with Gasteiger partial charge in [-0.2, -0.15) is 0 Å². The first-order chi connectivity index (χ1) is 13.0. The fraction of sp³-hybridized carbons (Fsp3) is 0.286. The smallest absolute Gasteiger partial charge is 0.203 e. The van der Waals surface area contributed by atoms with Crippen LogP contribution in [-0.4, -0.2) is 34.2 Å². The van der Waals surface area contributed by atoms with E-state index in [4.69, 9.17) is 18.9 Å². The van der Waals surface area contributed by atoms with Crippen LogP contribution in [0.4, 0.5) is 5.69 Å². The molecule has 0 radical (unpaired) electrons. The minimum absolute atomic E-state index is 0.0580. The number of carbonyl (C=O) groups excluding carboxylic acids is 1. The van der Waals surface area contributed by atoms with Gasteiger partial charge in [0, 0.05) is 18.1 Å². The van der Waals surface area contributed by atoms with Gasteiger partial charge >= 0.3 is 0 Å². The molecular weight excluding hydrogens is 346 g/mol. The van der Waals surface area contributed by atoms with Gasteiger partial charge in [0.05, 0.1) is 28.4 Å². The van der Waals surface area contributed by atoms with Crippen LogP contribution < -0.4 is 24.7 Å². The molecule has 0 aliphatic heterocycles. The zero-order valence-electron chi connectivity index (χ0n) is 16.0. The number of quaternary nitrogens is 1. The van der Waals surface area contributed by atoms with Gasteiger partial charge in [0.25, 0.3) is 0 Å². The minimum Gasteiger partial charge on any atom is -0.493 e. The maximum atomic E-state index is 12.4. The lowest BCUT2D eigenvalue weighted by Gasteiger charge is -2.20. The number of rotatable bonds is 5. The van der Waals surface area contributed by atoms with Gasteiger partial charge in [-0.3, -0.25) is 4.79 Å². The van der Waals surface area contributed by atoms with Crippen LogP contribution >= 0.6 is 0 Å². The first kappa shape index (κ1) is 18.8. The molecule has 142 valence electrons. The molecule has 0 bridgehead atoms. The highest BCUT2D eigenvalue weighted by Gasteiger charge is 2.26. The highest BCUT2D eigenvalue weighted by molar-refractivity contribution is 6.03. The molecular formula is C21H24NO5+. The van der Waals surface area contributed by atoms with E-state index in [-0.39, 0.29) is 5.78 Å². The van der Waals surface area contributed by atoms with Crippen LogP contribution in [0.3, 0.4) is 0 Å². The number of hydrogen-bond acceptors (Lipinski definition) is 5. The number of allylic oxidation sites excluding steroid dienone is 1. The average molecular weight is 370 g/mol. The molecule has 0 heterocycles. The molecule has 0 fully saturated rings. The predicted octanol–water partition coefficient (Wildman–Crippen LogP) is 2.54. The molecule has 0 unspecified atom stereocenters. The summed E-state index contributed by atoms with van der Waals surface area (Å²) in [5.41, 5.74) is 8.28. The predicted molar refractivity (Wildman–Crippen MR) is 102 cm³/mol. The number of hydrogen-bond donors (Lipinski definition) is 1. The molecule has 2 aromatic carbocycles. The molecule has 0 aromatic heterocycles. The van der Waals surface area contributed by atoms with Gasteiger partial charge in [-0.1, -0.05) is 6.07 Å². The number of fused-ring (bicyclic) bond motifs is 1. The topological polar surface area (TPSA) is 81.6 Å².